The smallest absolute Gasteiger partial charge is 0.243 e. The van der Waals surface area contributed by atoms with Gasteiger partial charge in [0, 0.05) is 19.5 Å². The summed E-state index contributed by atoms with van der Waals surface area (Å²) in [7, 11) is 1.64. The number of carbonyl (C=O) groups is 1. The molecule has 0 aliphatic rings. The summed E-state index contributed by atoms with van der Waals surface area (Å²) < 4.78 is 13.2. The van der Waals surface area contributed by atoms with Gasteiger partial charge in [-0.25, -0.2) is 4.98 Å². The van der Waals surface area contributed by atoms with Crippen LogP contribution in [0.4, 0.5) is 0 Å². The molecule has 1 N–H and O–H groups in total. The highest BCUT2D eigenvalue weighted by atomic mass is 16.5. The van der Waals surface area contributed by atoms with Crippen molar-refractivity contribution in [3.63, 3.8) is 0 Å². The van der Waals surface area contributed by atoms with Gasteiger partial charge in [-0.05, 0) is 48.9 Å². The minimum atomic E-state index is -0.171. The van der Waals surface area contributed by atoms with E-state index in [2.05, 4.69) is 22.5 Å². The Balaban J connectivity index is 1.60. The summed E-state index contributed by atoms with van der Waals surface area (Å²) in [5.41, 5.74) is 2.06. The minimum absolute atomic E-state index is 0.171. The second kappa shape index (κ2) is 9.60. The van der Waals surface area contributed by atoms with Gasteiger partial charge in [0.2, 0.25) is 5.91 Å². The first kappa shape index (κ1) is 19.5. The van der Waals surface area contributed by atoms with Gasteiger partial charge in [0.15, 0.2) is 0 Å². The molecule has 2 aromatic carbocycles. The van der Waals surface area contributed by atoms with Crippen LogP contribution in [0, 0.1) is 0 Å². The summed E-state index contributed by atoms with van der Waals surface area (Å²) in [4.78, 5) is 16.1. The zero-order valence-corrected chi connectivity index (χ0v) is 16.1. The molecular formula is C22H25N3O3. The molecule has 6 nitrogen and oxygen atoms in total. The van der Waals surface area contributed by atoms with Gasteiger partial charge < -0.3 is 19.4 Å². The molecule has 0 spiro atoms. The molecule has 0 fully saturated rings. The second-order valence-electron chi connectivity index (χ2n) is 6.29. The Bertz CT molecular complexity index is 932. The van der Waals surface area contributed by atoms with Gasteiger partial charge in [-0.3, -0.25) is 4.79 Å². The van der Waals surface area contributed by atoms with Crippen LogP contribution in [-0.2, 0) is 17.8 Å². The number of hydrogen-bond donors (Lipinski definition) is 1. The van der Waals surface area contributed by atoms with Crippen LogP contribution in [0.5, 0.6) is 11.5 Å². The van der Waals surface area contributed by atoms with Gasteiger partial charge in [0.25, 0.3) is 0 Å². The lowest BCUT2D eigenvalue weighted by molar-refractivity contribution is -0.116. The van der Waals surface area contributed by atoms with Crippen molar-refractivity contribution in [1.82, 2.24) is 14.9 Å². The third-order valence-corrected chi connectivity index (χ3v) is 4.42. The molecule has 0 aliphatic heterocycles. The number of benzene rings is 2. The summed E-state index contributed by atoms with van der Waals surface area (Å²) in [6.45, 7) is 5.39. The van der Waals surface area contributed by atoms with Crippen molar-refractivity contribution in [1.29, 1.82) is 0 Å². The van der Waals surface area contributed by atoms with E-state index in [1.165, 1.54) is 6.08 Å². The Labute approximate surface area is 164 Å². The first-order valence-electron chi connectivity index (χ1n) is 9.32. The molecule has 0 saturated carbocycles. The van der Waals surface area contributed by atoms with Crippen LogP contribution < -0.4 is 14.8 Å². The van der Waals surface area contributed by atoms with E-state index in [1.54, 1.807) is 7.11 Å². The van der Waals surface area contributed by atoms with Gasteiger partial charge in [-0.15, -0.1) is 0 Å². The van der Waals surface area contributed by atoms with E-state index in [0.717, 1.165) is 41.3 Å². The quantitative estimate of drug-likeness (QED) is 0.433. The van der Waals surface area contributed by atoms with Crippen LogP contribution in [0.15, 0.2) is 61.2 Å². The lowest BCUT2D eigenvalue weighted by Gasteiger charge is -2.11. The first-order chi connectivity index (χ1) is 13.7. The van der Waals surface area contributed by atoms with Crippen molar-refractivity contribution < 1.29 is 14.3 Å². The molecule has 1 amide bonds. The van der Waals surface area contributed by atoms with Gasteiger partial charge in [-0.2, -0.15) is 0 Å². The van der Waals surface area contributed by atoms with Crippen molar-refractivity contribution in [2.45, 2.75) is 19.4 Å². The SMILES string of the molecule is C=CC(=O)NCCc1nc2ccccc2n1CCCOc1ccc(OC)cc1. The van der Waals surface area contributed by atoms with Gasteiger partial charge in [0.1, 0.15) is 17.3 Å². The fourth-order valence-corrected chi connectivity index (χ4v) is 3.02. The van der Waals surface area contributed by atoms with Crippen LogP contribution in [0.1, 0.15) is 12.2 Å². The molecule has 0 unspecified atom stereocenters. The summed E-state index contributed by atoms with van der Waals surface area (Å²) in [5, 5.41) is 2.81. The Morgan fingerprint density at radius 3 is 2.68 bits per heavy atom. The molecule has 0 atom stereocenters. The number of imidazole rings is 1. The van der Waals surface area contributed by atoms with Crippen LogP contribution in [0.2, 0.25) is 0 Å². The van der Waals surface area contributed by atoms with Crippen LogP contribution in [-0.4, -0.2) is 35.7 Å². The molecule has 3 rings (SSSR count). The number of aryl methyl sites for hydroxylation is 1. The molecule has 0 bridgehead atoms. The average Bonchev–Trinajstić information content (AvgIpc) is 3.09. The van der Waals surface area contributed by atoms with E-state index in [0.29, 0.717) is 19.6 Å². The van der Waals surface area contributed by atoms with E-state index < -0.39 is 0 Å². The number of nitrogens with zero attached hydrogens (tertiary/aromatic N) is 2. The van der Waals surface area contributed by atoms with Gasteiger partial charge >= 0.3 is 0 Å². The molecule has 6 heteroatoms. The van der Waals surface area contributed by atoms with Crippen LogP contribution in [0.3, 0.4) is 0 Å². The third-order valence-electron chi connectivity index (χ3n) is 4.42. The summed E-state index contributed by atoms with van der Waals surface area (Å²) in [6.07, 6.45) is 2.78. The highest BCUT2D eigenvalue weighted by Crippen LogP contribution is 2.19. The van der Waals surface area contributed by atoms with Crippen molar-refractivity contribution in [3.05, 3.63) is 67.0 Å². The summed E-state index contributed by atoms with van der Waals surface area (Å²) >= 11 is 0. The van der Waals surface area contributed by atoms with Crippen molar-refractivity contribution >= 4 is 16.9 Å². The molecule has 28 heavy (non-hydrogen) atoms. The van der Waals surface area contributed by atoms with Crippen molar-refractivity contribution in [2.75, 3.05) is 20.3 Å². The van der Waals surface area contributed by atoms with Gasteiger partial charge in [-0.1, -0.05) is 18.7 Å². The Morgan fingerprint density at radius 2 is 1.93 bits per heavy atom. The van der Waals surface area contributed by atoms with E-state index in [9.17, 15) is 4.79 Å². The maximum absolute atomic E-state index is 11.4. The maximum Gasteiger partial charge on any atom is 0.243 e. The lowest BCUT2D eigenvalue weighted by Crippen LogP contribution is -2.24. The Morgan fingerprint density at radius 1 is 1.18 bits per heavy atom. The Kier molecular flexibility index (Phi) is 6.68. The number of rotatable bonds is 10. The van der Waals surface area contributed by atoms with E-state index in [-0.39, 0.29) is 5.91 Å². The highest BCUT2D eigenvalue weighted by molar-refractivity contribution is 5.86. The molecular weight excluding hydrogens is 354 g/mol. The number of hydrogen-bond acceptors (Lipinski definition) is 4. The first-order valence-corrected chi connectivity index (χ1v) is 9.32. The average molecular weight is 379 g/mol. The minimum Gasteiger partial charge on any atom is -0.497 e. The van der Waals surface area contributed by atoms with Crippen LogP contribution >= 0.6 is 0 Å². The summed E-state index contributed by atoms with van der Waals surface area (Å²) in [5.74, 6) is 2.42. The molecule has 146 valence electrons. The number of amides is 1. The molecule has 0 radical (unpaired) electrons. The molecule has 0 aliphatic carbocycles. The standard InChI is InChI=1S/C22H25N3O3/c1-3-22(26)23-14-13-21-24-19-7-4-5-8-20(19)25(21)15-6-16-28-18-11-9-17(27-2)10-12-18/h3-5,7-12H,1,6,13-16H2,2H3,(H,23,26). The van der Waals surface area contributed by atoms with E-state index in [4.69, 9.17) is 14.5 Å². The second-order valence-corrected chi connectivity index (χ2v) is 6.29. The number of methoxy groups -OCH3 is 1. The summed E-state index contributed by atoms with van der Waals surface area (Å²) in [6, 6.07) is 15.6. The monoisotopic (exact) mass is 379 g/mol. The van der Waals surface area contributed by atoms with Crippen molar-refractivity contribution in [2.24, 2.45) is 0 Å². The van der Waals surface area contributed by atoms with Crippen LogP contribution in [0.25, 0.3) is 11.0 Å². The topological polar surface area (TPSA) is 65.4 Å². The Hall–Kier alpha value is -3.28. The fraction of sp³-hybridized carbons (Fsp3) is 0.273. The molecule has 1 aromatic heterocycles. The number of fused-ring (bicyclic) bond motifs is 1. The number of para-hydroxylation sites is 2. The number of carbonyl (C=O) groups excluding carboxylic acids is 1. The largest absolute Gasteiger partial charge is 0.497 e. The van der Waals surface area contributed by atoms with Gasteiger partial charge in [0.05, 0.1) is 24.8 Å². The number of ether oxygens (including phenoxy) is 2. The highest BCUT2D eigenvalue weighted by Gasteiger charge is 2.10. The van der Waals surface area contributed by atoms with E-state index in [1.807, 2.05) is 42.5 Å². The zero-order chi connectivity index (χ0) is 19.8. The normalized spacial score (nSPS) is 10.6. The number of aromatic nitrogens is 2. The third kappa shape index (κ3) is 4.91. The predicted octanol–water partition coefficient (Wildman–Crippen LogP) is 3.36. The zero-order valence-electron chi connectivity index (χ0n) is 16.1. The fourth-order valence-electron chi connectivity index (χ4n) is 3.02. The molecule has 1 heterocycles. The molecule has 0 saturated heterocycles. The lowest BCUT2D eigenvalue weighted by atomic mass is 10.3. The van der Waals surface area contributed by atoms with Crippen molar-refractivity contribution in [3.8, 4) is 11.5 Å². The number of nitrogens with one attached hydrogen (secondary N) is 1. The maximum atomic E-state index is 11.4. The predicted molar refractivity (Wildman–Crippen MR) is 110 cm³/mol. The molecule has 3 aromatic rings. The van der Waals surface area contributed by atoms with E-state index >= 15 is 0 Å².